The van der Waals surface area contributed by atoms with Crippen LogP contribution in [0.25, 0.3) is 0 Å². The highest BCUT2D eigenvalue weighted by molar-refractivity contribution is 6.01. The Morgan fingerprint density at radius 3 is 1.56 bits per heavy atom. The highest BCUT2D eigenvalue weighted by Crippen LogP contribution is 2.03. The van der Waals surface area contributed by atoms with Crippen LogP contribution in [0.4, 0.5) is 5.69 Å². The summed E-state index contributed by atoms with van der Waals surface area (Å²) in [4.78, 5) is 61.2. The van der Waals surface area contributed by atoms with Crippen molar-refractivity contribution in [2.75, 3.05) is 25.5 Å². The predicted molar refractivity (Wildman–Crippen MR) is 137 cm³/mol. The Morgan fingerprint density at radius 2 is 1.17 bits per heavy atom. The summed E-state index contributed by atoms with van der Waals surface area (Å²) in [7, 11) is 1.60. The van der Waals surface area contributed by atoms with E-state index in [-0.39, 0.29) is 35.4 Å². The maximum absolute atomic E-state index is 10.6. The molecule has 1 aromatic carbocycles. The fourth-order valence-corrected chi connectivity index (χ4v) is 2.70. The lowest BCUT2D eigenvalue weighted by Crippen LogP contribution is -2.21. The second kappa shape index (κ2) is 20.6. The van der Waals surface area contributed by atoms with Crippen LogP contribution in [0, 0.1) is 0 Å². The Balaban J connectivity index is 0.000000434. The topological polar surface area (TPSA) is 163 Å². The normalized spacial score (nSPS) is 15.6. The number of imide groups is 1. The number of benzene rings is 1. The van der Waals surface area contributed by atoms with E-state index in [9.17, 15) is 28.8 Å². The predicted octanol–water partition coefficient (Wildman–Crippen LogP) is 1.39. The fraction of sp³-hybridized carbons (Fsp3) is 0.520. The number of amides is 6. The van der Waals surface area contributed by atoms with Gasteiger partial charge in [0.1, 0.15) is 0 Å². The third kappa shape index (κ3) is 20.8. The second-order valence-electron chi connectivity index (χ2n) is 7.94. The molecule has 1 aromatic rings. The van der Waals surface area contributed by atoms with Crippen LogP contribution in [0.15, 0.2) is 30.3 Å². The number of hydrogen-bond acceptors (Lipinski definition) is 6. The molecule has 0 saturated carbocycles. The molecule has 0 unspecified atom stereocenters. The van der Waals surface area contributed by atoms with E-state index in [1.54, 1.807) is 7.05 Å². The lowest BCUT2D eigenvalue weighted by molar-refractivity contribution is -0.125. The molecule has 3 aliphatic rings. The van der Waals surface area contributed by atoms with Crippen molar-refractivity contribution >= 4 is 41.1 Å². The molecule has 11 nitrogen and oxygen atoms in total. The van der Waals surface area contributed by atoms with Crippen LogP contribution in [0.3, 0.4) is 0 Å². The first kappa shape index (κ1) is 32.2. The Hall–Kier alpha value is -3.76. The van der Waals surface area contributed by atoms with E-state index >= 15 is 0 Å². The number of rotatable bonds is 1. The summed E-state index contributed by atoms with van der Waals surface area (Å²) >= 11 is 0. The average Bonchev–Trinajstić information content (AvgIpc) is 3.40. The molecule has 36 heavy (non-hydrogen) atoms. The monoisotopic (exact) mass is 505 g/mol. The van der Waals surface area contributed by atoms with E-state index in [1.807, 2.05) is 30.3 Å². The van der Waals surface area contributed by atoms with Gasteiger partial charge in [0.05, 0.1) is 0 Å². The number of carbonyl (C=O) groups is 6. The number of para-hydroxylation sites is 1. The summed E-state index contributed by atoms with van der Waals surface area (Å²) in [6.07, 6.45) is 6.69. The number of hydrogen-bond donors (Lipinski definition) is 5. The number of nitrogens with one attached hydrogen (secondary N) is 5. The van der Waals surface area contributed by atoms with Gasteiger partial charge in [-0.15, -0.1) is 0 Å². The van der Waals surface area contributed by atoms with Gasteiger partial charge in [0.15, 0.2) is 0 Å². The molecule has 6 amide bonds. The van der Waals surface area contributed by atoms with Gasteiger partial charge in [0.2, 0.25) is 35.4 Å². The molecule has 0 bridgehead atoms. The molecule has 4 rings (SSSR count). The largest absolute Gasteiger partial charge is 0.359 e. The van der Waals surface area contributed by atoms with E-state index in [4.69, 9.17) is 0 Å². The van der Waals surface area contributed by atoms with E-state index < -0.39 is 0 Å². The van der Waals surface area contributed by atoms with Crippen LogP contribution >= 0.6 is 0 Å². The first-order valence-electron chi connectivity index (χ1n) is 12.0. The van der Waals surface area contributed by atoms with Gasteiger partial charge >= 0.3 is 0 Å². The molecule has 11 heteroatoms. The van der Waals surface area contributed by atoms with E-state index in [1.165, 1.54) is 20.3 Å². The molecule has 0 radical (unpaired) electrons. The van der Waals surface area contributed by atoms with Crippen molar-refractivity contribution in [2.24, 2.45) is 0 Å². The first-order chi connectivity index (χ1) is 17.1. The van der Waals surface area contributed by atoms with Gasteiger partial charge in [0, 0.05) is 65.4 Å². The minimum atomic E-state index is -0.148. The van der Waals surface area contributed by atoms with Crippen LogP contribution in [0.5, 0.6) is 0 Å². The second-order valence-corrected chi connectivity index (χ2v) is 7.94. The van der Waals surface area contributed by atoms with Gasteiger partial charge in [-0.25, -0.2) is 0 Å². The summed E-state index contributed by atoms with van der Waals surface area (Å²) in [6, 6.07) is 9.37. The van der Waals surface area contributed by atoms with Crippen molar-refractivity contribution in [3.63, 3.8) is 0 Å². The number of anilines is 1. The van der Waals surface area contributed by atoms with Crippen molar-refractivity contribution in [3.8, 4) is 0 Å². The van der Waals surface area contributed by atoms with Crippen molar-refractivity contribution in [3.05, 3.63) is 30.3 Å². The van der Waals surface area contributed by atoms with Crippen LogP contribution < -0.4 is 26.6 Å². The molecule has 0 spiro atoms. The Morgan fingerprint density at radius 1 is 0.667 bits per heavy atom. The van der Waals surface area contributed by atoms with Crippen LogP contribution in [-0.2, 0) is 28.8 Å². The Bertz CT molecular complexity index is 813. The summed E-state index contributed by atoms with van der Waals surface area (Å²) in [5.41, 5.74) is 0.843. The van der Waals surface area contributed by atoms with E-state index in [2.05, 4.69) is 26.6 Å². The highest BCUT2D eigenvalue weighted by Gasteiger charge is 2.15. The minimum absolute atomic E-state index is 0.00463. The lowest BCUT2D eigenvalue weighted by atomic mass is 10.2. The van der Waals surface area contributed by atoms with Crippen LogP contribution in [-0.4, -0.2) is 55.6 Å². The van der Waals surface area contributed by atoms with Gasteiger partial charge in [-0.2, -0.15) is 0 Å². The van der Waals surface area contributed by atoms with Crippen molar-refractivity contribution in [1.29, 1.82) is 0 Å². The molecule has 0 aliphatic carbocycles. The zero-order valence-electron chi connectivity index (χ0n) is 21.4. The molecular formula is C25H39N5O6. The summed E-state index contributed by atoms with van der Waals surface area (Å²) in [6.45, 7) is 4.74. The highest BCUT2D eigenvalue weighted by atomic mass is 16.2. The van der Waals surface area contributed by atoms with Gasteiger partial charge in [-0.05, 0) is 31.4 Å². The Labute approximate surface area is 212 Å². The summed E-state index contributed by atoms with van der Waals surface area (Å²) < 4.78 is 0. The van der Waals surface area contributed by atoms with Crippen molar-refractivity contribution < 1.29 is 28.8 Å². The molecule has 200 valence electrons. The molecular weight excluding hydrogens is 466 g/mol. The van der Waals surface area contributed by atoms with Crippen molar-refractivity contribution in [1.82, 2.24) is 21.3 Å². The average molecular weight is 506 g/mol. The smallest absolute Gasteiger partial charge is 0.227 e. The molecule has 3 saturated heterocycles. The quantitative estimate of drug-likeness (QED) is 0.362. The summed E-state index contributed by atoms with van der Waals surface area (Å²) in [5, 5.41) is 12.7. The zero-order valence-corrected chi connectivity index (χ0v) is 21.4. The SMILES string of the molecule is CC(=O)Nc1ccccc1.CNC(C)=O.O=C1CCC(=O)N1.O=C1CCCCCN1.O=C1CCCN1. The van der Waals surface area contributed by atoms with Gasteiger partial charge in [0.25, 0.3) is 0 Å². The van der Waals surface area contributed by atoms with Crippen LogP contribution in [0.2, 0.25) is 0 Å². The van der Waals surface area contributed by atoms with Crippen molar-refractivity contribution in [2.45, 2.75) is 65.2 Å². The molecule has 0 atom stereocenters. The summed E-state index contributed by atoms with van der Waals surface area (Å²) in [5.74, 6) is 0.101. The standard InChI is InChI=1S/C8H9NO.C6H11NO.C4H5NO2.C4H7NO.C3H7NO/c1-7(10)9-8-5-3-2-4-6-8;8-6-4-2-1-3-5-7-6;6-3-1-2-4(7)5-3;6-4-2-1-3-5-4;1-3(5)4-2/h2-6H,1H3,(H,9,10);1-5H2,(H,7,8);1-2H2,(H,5,6,7);1-3H2,(H,5,6);1-2H3,(H,4,5). The maximum Gasteiger partial charge on any atom is 0.227 e. The fourth-order valence-electron chi connectivity index (χ4n) is 2.70. The van der Waals surface area contributed by atoms with Gasteiger partial charge < -0.3 is 21.3 Å². The molecule has 3 aliphatic heterocycles. The third-order valence-corrected chi connectivity index (χ3v) is 4.61. The molecule has 3 fully saturated rings. The third-order valence-electron chi connectivity index (χ3n) is 4.61. The Kier molecular flexibility index (Phi) is 18.4. The first-order valence-corrected chi connectivity index (χ1v) is 12.0. The minimum Gasteiger partial charge on any atom is -0.359 e. The molecule has 3 heterocycles. The van der Waals surface area contributed by atoms with Gasteiger partial charge in [-0.1, -0.05) is 24.6 Å². The molecule has 5 N–H and O–H groups in total. The van der Waals surface area contributed by atoms with E-state index in [0.717, 1.165) is 50.9 Å². The van der Waals surface area contributed by atoms with E-state index in [0.29, 0.717) is 12.8 Å². The number of carbonyl (C=O) groups excluding carboxylic acids is 6. The maximum atomic E-state index is 10.6. The zero-order chi connectivity index (χ0) is 27.2. The van der Waals surface area contributed by atoms with Gasteiger partial charge in [-0.3, -0.25) is 34.1 Å². The lowest BCUT2D eigenvalue weighted by Gasteiger charge is -1.98. The van der Waals surface area contributed by atoms with Crippen LogP contribution in [0.1, 0.15) is 65.2 Å². The molecule has 0 aromatic heterocycles.